The van der Waals surface area contributed by atoms with Gasteiger partial charge in [0.15, 0.2) is 5.54 Å². The van der Waals surface area contributed by atoms with Gasteiger partial charge in [0.2, 0.25) is 0 Å². The van der Waals surface area contributed by atoms with Crippen LogP contribution in [0.25, 0.3) is 0 Å². The summed E-state index contributed by atoms with van der Waals surface area (Å²) >= 11 is 0. The number of piperidine rings is 1. The van der Waals surface area contributed by atoms with Crippen molar-refractivity contribution in [2.75, 3.05) is 13.2 Å². The summed E-state index contributed by atoms with van der Waals surface area (Å²) in [6, 6.07) is 0. The van der Waals surface area contributed by atoms with E-state index in [1.165, 1.54) is 25.7 Å². The number of nitrogens with zero attached hydrogens (tertiary/aromatic N) is 1. The van der Waals surface area contributed by atoms with E-state index in [9.17, 15) is 0 Å². The van der Waals surface area contributed by atoms with E-state index < -0.39 is 0 Å². The predicted molar refractivity (Wildman–Crippen MR) is 42.1 cm³/mol. The van der Waals surface area contributed by atoms with Gasteiger partial charge in [0, 0.05) is 25.7 Å². The topological polar surface area (TPSA) is 15.5 Å². The van der Waals surface area contributed by atoms with Crippen molar-refractivity contribution in [3.8, 4) is 0 Å². The van der Waals surface area contributed by atoms with E-state index in [4.69, 9.17) is 4.74 Å². The van der Waals surface area contributed by atoms with Crippen LogP contribution in [0.5, 0.6) is 0 Å². The summed E-state index contributed by atoms with van der Waals surface area (Å²) in [7, 11) is 0. The van der Waals surface area contributed by atoms with Crippen molar-refractivity contribution in [3.63, 3.8) is 0 Å². The average molecular weight is 152 g/mol. The maximum atomic E-state index is 5.51. The lowest BCUT2D eigenvalue weighted by atomic mass is 9.91. The molecular formula is C9H14NO+. The molecule has 0 bridgehead atoms. The Hall–Kier alpha value is -0.370. The van der Waals surface area contributed by atoms with Gasteiger partial charge >= 0.3 is 0 Å². The molecule has 1 aliphatic carbocycles. The molecule has 2 spiro atoms. The normalized spacial score (nSPS) is 44.9. The SMILES string of the molecule is C=[N+]1CCC2(CO2)CC12CC2. The van der Waals surface area contributed by atoms with E-state index in [1.807, 2.05) is 0 Å². The molecule has 0 radical (unpaired) electrons. The summed E-state index contributed by atoms with van der Waals surface area (Å²) in [4.78, 5) is 0. The van der Waals surface area contributed by atoms with E-state index in [-0.39, 0.29) is 0 Å². The molecule has 1 unspecified atom stereocenters. The van der Waals surface area contributed by atoms with Crippen molar-refractivity contribution in [2.45, 2.75) is 36.8 Å². The Morgan fingerprint density at radius 2 is 2.00 bits per heavy atom. The second-order valence-electron chi connectivity index (χ2n) is 4.39. The van der Waals surface area contributed by atoms with Crippen LogP contribution in [0, 0.1) is 0 Å². The lowest BCUT2D eigenvalue weighted by molar-refractivity contribution is -0.587. The van der Waals surface area contributed by atoms with Crippen LogP contribution in [0.4, 0.5) is 0 Å². The summed E-state index contributed by atoms with van der Waals surface area (Å²) in [5.74, 6) is 0. The minimum atomic E-state index is 0.324. The molecule has 0 N–H and O–H groups in total. The average Bonchev–Trinajstić information content (AvgIpc) is 2.86. The molecule has 2 heterocycles. The van der Waals surface area contributed by atoms with Gasteiger partial charge in [0.05, 0.1) is 6.61 Å². The molecule has 1 saturated carbocycles. The molecule has 60 valence electrons. The van der Waals surface area contributed by atoms with Crippen LogP contribution in [-0.2, 0) is 4.74 Å². The van der Waals surface area contributed by atoms with Crippen LogP contribution in [0.3, 0.4) is 0 Å². The Labute approximate surface area is 66.9 Å². The molecule has 0 aromatic heterocycles. The van der Waals surface area contributed by atoms with Crippen LogP contribution in [0.15, 0.2) is 0 Å². The van der Waals surface area contributed by atoms with Gasteiger partial charge in [0.25, 0.3) is 0 Å². The van der Waals surface area contributed by atoms with Crippen molar-refractivity contribution in [3.05, 3.63) is 0 Å². The fraction of sp³-hybridized carbons (Fsp3) is 0.889. The molecule has 11 heavy (non-hydrogen) atoms. The highest BCUT2D eigenvalue weighted by Gasteiger charge is 2.64. The first kappa shape index (κ1) is 6.18. The molecule has 3 aliphatic rings. The predicted octanol–water partition coefficient (Wildman–Crippen LogP) is 0.795. The zero-order chi connectivity index (χ0) is 7.53. The van der Waals surface area contributed by atoms with Gasteiger partial charge in [-0.3, -0.25) is 0 Å². The molecule has 2 saturated heterocycles. The fourth-order valence-electron chi connectivity index (χ4n) is 2.36. The second kappa shape index (κ2) is 1.53. The first-order valence-corrected chi connectivity index (χ1v) is 4.47. The van der Waals surface area contributed by atoms with E-state index in [1.54, 1.807) is 0 Å². The number of hydrogen-bond donors (Lipinski definition) is 0. The third-order valence-corrected chi connectivity index (χ3v) is 3.54. The minimum Gasteiger partial charge on any atom is -0.369 e. The summed E-state index contributed by atoms with van der Waals surface area (Å²) in [6.45, 7) is 6.24. The molecule has 2 aliphatic heterocycles. The third-order valence-electron chi connectivity index (χ3n) is 3.54. The van der Waals surface area contributed by atoms with Crippen LogP contribution in [-0.4, -0.2) is 35.6 Å². The van der Waals surface area contributed by atoms with Gasteiger partial charge in [-0.1, -0.05) is 0 Å². The van der Waals surface area contributed by atoms with Crippen LogP contribution in [0.1, 0.15) is 25.7 Å². The maximum absolute atomic E-state index is 5.51. The van der Waals surface area contributed by atoms with Crippen molar-refractivity contribution in [1.82, 2.24) is 0 Å². The molecule has 2 heteroatoms. The Bertz CT molecular complexity index is 226. The largest absolute Gasteiger partial charge is 0.369 e. The zero-order valence-electron chi connectivity index (χ0n) is 6.81. The van der Waals surface area contributed by atoms with Crippen molar-refractivity contribution < 1.29 is 9.31 Å². The highest BCUT2D eigenvalue weighted by molar-refractivity contribution is 5.20. The van der Waals surface area contributed by atoms with Crippen molar-refractivity contribution in [1.29, 1.82) is 0 Å². The van der Waals surface area contributed by atoms with Gasteiger partial charge in [-0.05, 0) is 0 Å². The molecular weight excluding hydrogens is 138 g/mol. The first-order chi connectivity index (χ1) is 5.25. The maximum Gasteiger partial charge on any atom is 0.165 e. The van der Waals surface area contributed by atoms with Gasteiger partial charge in [-0.25, -0.2) is 4.58 Å². The summed E-state index contributed by atoms with van der Waals surface area (Å²) in [5, 5.41) is 0. The summed E-state index contributed by atoms with van der Waals surface area (Å²) < 4.78 is 7.80. The lowest BCUT2D eigenvalue weighted by Gasteiger charge is -2.24. The second-order valence-corrected chi connectivity index (χ2v) is 4.39. The Morgan fingerprint density at radius 1 is 1.27 bits per heavy atom. The quantitative estimate of drug-likeness (QED) is 0.370. The molecule has 3 fully saturated rings. The van der Waals surface area contributed by atoms with Gasteiger partial charge < -0.3 is 4.74 Å². The van der Waals surface area contributed by atoms with Crippen molar-refractivity contribution in [2.24, 2.45) is 0 Å². The van der Waals surface area contributed by atoms with E-state index in [2.05, 4.69) is 11.3 Å². The highest BCUT2D eigenvalue weighted by atomic mass is 16.6. The molecule has 2 nitrogen and oxygen atoms in total. The van der Waals surface area contributed by atoms with Crippen LogP contribution in [0.2, 0.25) is 0 Å². The third kappa shape index (κ3) is 0.734. The number of ether oxygens (including phenoxy) is 1. The van der Waals surface area contributed by atoms with Gasteiger partial charge in [-0.2, -0.15) is 0 Å². The van der Waals surface area contributed by atoms with Crippen LogP contribution >= 0.6 is 0 Å². The van der Waals surface area contributed by atoms with Gasteiger partial charge in [-0.15, -0.1) is 0 Å². The molecule has 0 aromatic carbocycles. The fourth-order valence-corrected chi connectivity index (χ4v) is 2.36. The van der Waals surface area contributed by atoms with Crippen LogP contribution < -0.4 is 0 Å². The number of epoxide rings is 1. The smallest absolute Gasteiger partial charge is 0.165 e. The minimum absolute atomic E-state index is 0.324. The molecule has 3 rings (SSSR count). The van der Waals surface area contributed by atoms with Gasteiger partial charge in [0.1, 0.15) is 18.9 Å². The van der Waals surface area contributed by atoms with E-state index >= 15 is 0 Å². The molecule has 0 aromatic rings. The molecule has 1 atom stereocenters. The standard InChI is InChI=1S/C9H14NO/c1-10-5-4-9(7-11-9)6-8(10)2-3-8/h1-7H2/q+1. The Morgan fingerprint density at radius 3 is 2.55 bits per heavy atom. The molecule has 0 amide bonds. The van der Waals surface area contributed by atoms with E-state index in [0.29, 0.717) is 11.1 Å². The first-order valence-electron chi connectivity index (χ1n) is 4.47. The lowest BCUT2D eigenvalue weighted by Crippen LogP contribution is -2.40. The monoisotopic (exact) mass is 152 g/mol. The zero-order valence-corrected chi connectivity index (χ0v) is 6.81. The summed E-state index contributed by atoms with van der Waals surface area (Å²) in [5.41, 5.74) is 0.805. The Balaban J connectivity index is 1.87. The van der Waals surface area contributed by atoms with E-state index in [0.717, 1.165) is 13.2 Å². The van der Waals surface area contributed by atoms with Crippen molar-refractivity contribution >= 4 is 6.72 Å². The highest BCUT2D eigenvalue weighted by Crippen LogP contribution is 2.53. The Kier molecular flexibility index (Phi) is 0.861. The number of hydrogen-bond acceptors (Lipinski definition) is 1. The summed E-state index contributed by atoms with van der Waals surface area (Å²) in [6.07, 6.45) is 5.16. The number of rotatable bonds is 0.